The monoisotopic (exact) mass is 345 g/mol. The van der Waals surface area contributed by atoms with Gasteiger partial charge in [0.15, 0.2) is 0 Å². The molecule has 5 heteroatoms. The minimum absolute atomic E-state index is 0.344. The number of Topliss-reactive ketones (excluding diaryl/α,β-unsaturated/α-hetero) is 1. The molecule has 4 nitrogen and oxygen atoms in total. The van der Waals surface area contributed by atoms with Crippen molar-refractivity contribution in [3.05, 3.63) is 58.1 Å². The molecule has 0 aromatic heterocycles. The molecule has 2 aromatic rings. The fourth-order valence-electron chi connectivity index (χ4n) is 2.38. The molecule has 0 unspecified atom stereocenters. The predicted octanol–water partition coefficient (Wildman–Crippen LogP) is 3.19. The van der Waals surface area contributed by atoms with E-state index < -0.39 is 11.7 Å². The Morgan fingerprint density at radius 3 is 2.71 bits per heavy atom. The van der Waals surface area contributed by atoms with Gasteiger partial charge in [0.25, 0.3) is 11.7 Å². The molecule has 3 rings (SSSR count). The van der Waals surface area contributed by atoms with E-state index in [-0.39, 0.29) is 0 Å². The van der Waals surface area contributed by atoms with Gasteiger partial charge >= 0.3 is 0 Å². The van der Waals surface area contributed by atoms with Crippen molar-refractivity contribution in [1.82, 2.24) is 0 Å². The smallest absolute Gasteiger partial charge is 0.299 e. The average molecular weight is 346 g/mol. The zero-order valence-corrected chi connectivity index (χ0v) is 12.9. The number of carbonyl (C=O) groups excluding carboxylic acids is 2. The van der Waals surface area contributed by atoms with Crippen LogP contribution in [0.25, 0.3) is 0 Å². The fourth-order valence-corrected chi connectivity index (χ4v) is 2.74. The molecule has 1 aliphatic heterocycles. The number of halogens is 1. The van der Waals surface area contributed by atoms with Crippen LogP contribution in [0.15, 0.2) is 46.9 Å². The molecule has 0 aliphatic carbocycles. The molecular weight excluding hydrogens is 334 g/mol. The summed E-state index contributed by atoms with van der Waals surface area (Å²) >= 11 is 3.32. The first-order valence-electron chi connectivity index (χ1n) is 6.39. The van der Waals surface area contributed by atoms with Crippen molar-refractivity contribution < 1.29 is 14.3 Å². The van der Waals surface area contributed by atoms with Crippen LogP contribution in [0.2, 0.25) is 0 Å². The molecule has 2 aromatic carbocycles. The number of ketones is 1. The molecule has 0 radical (unpaired) electrons. The van der Waals surface area contributed by atoms with Gasteiger partial charge in [-0.1, -0.05) is 28.1 Å². The summed E-state index contributed by atoms with van der Waals surface area (Å²) in [6.45, 7) is 0.344. The van der Waals surface area contributed by atoms with Crippen molar-refractivity contribution in [3.63, 3.8) is 0 Å². The lowest BCUT2D eigenvalue weighted by Crippen LogP contribution is -2.29. The quantitative estimate of drug-likeness (QED) is 0.802. The van der Waals surface area contributed by atoms with Gasteiger partial charge in [-0.05, 0) is 35.9 Å². The van der Waals surface area contributed by atoms with Gasteiger partial charge in [0.1, 0.15) is 5.75 Å². The molecular formula is C16H12BrNO3. The number of anilines is 1. The number of carbonyl (C=O) groups is 2. The first-order chi connectivity index (χ1) is 10.1. The molecule has 0 bridgehead atoms. The third-order valence-electron chi connectivity index (χ3n) is 3.41. The third kappa shape index (κ3) is 2.45. The van der Waals surface area contributed by atoms with Crippen LogP contribution < -0.4 is 9.64 Å². The Morgan fingerprint density at radius 1 is 1.14 bits per heavy atom. The molecule has 0 saturated carbocycles. The number of hydrogen-bond acceptors (Lipinski definition) is 3. The average Bonchev–Trinajstić information content (AvgIpc) is 2.72. The number of benzene rings is 2. The summed E-state index contributed by atoms with van der Waals surface area (Å²) in [5.41, 5.74) is 2.00. The number of rotatable bonds is 3. The maximum absolute atomic E-state index is 12.2. The number of hydrogen-bond donors (Lipinski definition) is 0. The van der Waals surface area contributed by atoms with Crippen LogP contribution >= 0.6 is 15.9 Å². The van der Waals surface area contributed by atoms with Crippen molar-refractivity contribution in [1.29, 1.82) is 0 Å². The SMILES string of the molecule is COc1cccc(CN2C(=O)C(=O)c3cc(Br)ccc32)c1. The zero-order chi connectivity index (χ0) is 15.0. The summed E-state index contributed by atoms with van der Waals surface area (Å²) in [6, 6.07) is 12.7. The highest BCUT2D eigenvalue weighted by Crippen LogP contribution is 2.32. The third-order valence-corrected chi connectivity index (χ3v) is 3.90. The van der Waals surface area contributed by atoms with E-state index in [9.17, 15) is 9.59 Å². The Balaban J connectivity index is 1.96. The molecule has 1 aliphatic rings. The van der Waals surface area contributed by atoms with E-state index in [2.05, 4.69) is 15.9 Å². The number of fused-ring (bicyclic) bond motifs is 1. The van der Waals surface area contributed by atoms with Crippen molar-refractivity contribution in [2.24, 2.45) is 0 Å². The zero-order valence-electron chi connectivity index (χ0n) is 11.3. The second-order valence-corrected chi connectivity index (χ2v) is 5.65. The van der Waals surface area contributed by atoms with Crippen LogP contribution in [0.3, 0.4) is 0 Å². The molecule has 0 saturated heterocycles. The molecule has 106 valence electrons. The lowest BCUT2D eigenvalue weighted by atomic mass is 10.1. The highest BCUT2D eigenvalue weighted by molar-refractivity contribution is 9.10. The maximum Gasteiger partial charge on any atom is 0.299 e. The second kappa shape index (κ2) is 5.33. The Labute approximate surface area is 130 Å². The largest absolute Gasteiger partial charge is 0.497 e. The lowest BCUT2D eigenvalue weighted by molar-refractivity contribution is -0.114. The van der Waals surface area contributed by atoms with Gasteiger partial charge in [-0.15, -0.1) is 0 Å². The first kappa shape index (κ1) is 13.8. The predicted molar refractivity (Wildman–Crippen MR) is 82.7 cm³/mol. The molecule has 0 N–H and O–H groups in total. The van der Waals surface area contributed by atoms with Gasteiger partial charge in [0.05, 0.1) is 24.9 Å². The van der Waals surface area contributed by atoms with Crippen molar-refractivity contribution in [2.75, 3.05) is 12.0 Å². The van der Waals surface area contributed by atoms with Gasteiger partial charge in [-0.2, -0.15) is 0 Å². The van der Waals surface area contributed by atoms with Crippen LogP contribution in [0.5, 0.6) is 5.75 Å². The molecule has 0 spiro atoms. The Kier molecular flexibility index (Phi) is 3.51. The number of nitrogens with zero attached hydrogens (tertiary/aromatic N) is 1. The van der Waals surface area contributed by atoms with E-state index in [1.54, 1.807) is 19.2 Å². The van der Waals surface area contributed by atoms with Gasteiger partial charge in [0.2, 0.25) is 0 Å². The van der Waals surface area contributed by atoms with Crippen molar-refractivity contribution in [2.45, 2.75) is 6.54 Å². The van der Waals surface area contributed by atoms with Crippen LogP contribution in [0.1, 0.15) is 15.9 Å². The van der Waals surface area contributed by atoms with E-state index in [0.29, 0.717) is 17.8 Å². The molecule has 1 amide bonds. The highest BCUT2D eigenvalue weighted by atomic mass is 79.9. The maximum atomic E-state index is 12.2. The van der Waals surface area contributed by atoms with Gasteiger partial charge in [0, 0.05) is 4.47 Å². The van der Waals surface area contributed by atoms with Crippen LogP contribution in [0.4, 0.5) is 5.69 Å². The summed E-state index contributed by atoms with van der Waals surface area (Å²) < 4.78 is 5.96. The molecule has 21 heavy (non-hydrogen) atoms. The Bertz CT molecular complexity index is 742. The first-order valence-corrected chi connectivity index (χ1v) is 7.18. The van der Waals surface area contributed by atoms with Crippen molar-refractivity contribution >= 4 is 33.3 Å². The second-order valence-electron chi connectivity index (χ2n) is 4.73. The minimum atomic E-state index is -0.495. The van der Waals surface area contributed by atoms with E-state index in [1.165, 1.54) is 4.90 Å². The normalized spacial score (nSPS) is 13.5. The van der Waals surface area contributed by atoms with Gasteiger partial charge in [-0.25, -0.2) is 0 Å². The van der Waals surface area contributed by atoms with Crippen LogP contribution in [0, 0.1) is 0 Å². The van der Waals surface area contributed by atoms with E-state index >= 15 is 0 Å². The fraction of sp³-hybridized carbons (Fsp3) is 0.125. The highest BCUT2D eigenvalue weighted by Gasteiger charge is 2.35. The Morgan fingerprint density at radius 2 is 1.95 bits per heavy atom. The van der Waals surface area contributed by atoms with E-state index in [4.69, 9.17) is 4.74 Å². The number of amides is 1. The number of ether oxygens (including phenoxy) is 1. The summed E-state index contributed by atoms with van der Waals surface area (Å²) in [4.78, 5) is 25.7. The van der Waals surface area contributed by atoms with Crippen LogP contribution in [-0.2, 0) is 11.3 Å². The molecule has 0 fully saturated rings. The van der Waals surface area contributed by atoms with E-state index in [1.807, 2.05) is 30.3 Å². The summed E-state index contributed by atoms with van der Waals surface area (Å²) in [6.07, 6.45) is 0. The van der Waals surface area contributed by atoms with Crippen LogP contribution in [-0.4, -0.2) is 18.8 Å². The Hall–Kier alpha value is -2.14. The summed E-state index contributed by atoms with van der Waals surface area (Å²) in [5, 5.41) is 0. The molecule has 1 heterocycles. The lowest BCUT2D eigenvalue weighted by Gasteiger charge is -2.17. The van der Waals surface area contributed by atoms with Gasteiger partial charge < -0.3 is 9.64 Å². The summed E-state index contributed by atoms with van der Waals surface area (Å²) in [7, 11) is 1.59. The van der Waals surface area contributed by atoms with E-state index in [0.717, 1.165) is 15.8 Å². The topological polar surface area (TPSA) is 46.6 Å². The standard InChI is InChI=1S/C16H12BrNO3/c1-21-12-4-2-3-10(7-12)9-18-14-6-5-11(17)8-13(14)15(19)16(18)20/h2-8H,9H2,1H3. The molecule has 0 atom stereocenters. The summed E-state index contributed by atoms with van der Waals surface area (Å²) in [5.74, 6) is -0.235. The van der Waals surface area contributed by atoms with Crippen molar-refractivity contribution in [3.8, 4) is 5.75 Å². The number of methoxy groups -OCH3 is 1. The van der Waals surface area contributed by atoms with Gasteiger partial charge in [-0.3, -0.25) is 9.59 Å². The minimum Gasteiger partial charge on any atom is -0.497 e.